The Morgan fingerprint density at radius 1 is 1.19 bits per heavy atom. The molecule has 2 aromatic carbocycles. The van der Waals surface area contributed by atoms with Crippen molar-refractivity contribution in [3.05, 3.63) is 85.5 Å². The number of ether oxygens (including phenoxy) is 2. The predicted octanol–water partition coefficient (Wildman–Crippen LogP) is 3.95. The molecule has 3 rings (SSSR count). The van der Waals surface area contributed by atoms with Crippen LogP contribution in [-0.4, -0.2) is 21.8 Å². The van der Waals surface area contributed by atoms with Crippen molar-refractivity contribution in [1.82, 2.24) is 9.78 Å². The molecule has 0 bridgehead atoms. The van der Waals surface area contributed by atoms with E-state index in [9.17, 15) is 9.59 Å². The van der Waals surface area contributed by atoms with E-state index in [0.29, 0.717) is 11.3 Å². The van der Waals surface area contributed by atoms with Gasteiger partial charge in [0.05, 0.1) is 34.0 Å². The summed E-state index contributed by atoms with van der Waals surface area (Å²) in [5.41, 5.74) is 6.44. The third-order valence-corrected chi connectivity index (χ3v) is 5.71. The number of hydrogen-bond acceptors (Lipinski definition) is 8. The summed E-state index contributed by atoms with van der Waals surface area (Å²) in [5, 5.41) is 22.5. The molecule has 0 saturated heterocycles. The maximum absolute atomic E-state index is 15.4. The Morgan fingerprint density at radius 2 is 1.84 bits per heavy atom. The van der Waals surface area contributed by atoms with Crippen LogP contribution in [0, 0.1) is 41.3 Å². The number of esters is 1. The number of aryl methyl sites for hydroxylation is 1. The van der Waals surface area contributed by atoms with Crippen molar-refractivity contribution in [1.29, 1.82) is 10.5 Å². The van der Waals surface area contributed by atoms with E-state index in [2.05, 4.69) is 5.10 Å². The highest BCUT2D eigenvalue weighted by atomic mass is 35.5. The van der Waals surface area contributed by atoms with Crippen molar-refractivity contribution in [3.8, 4) is 23.6 Å². The van der Waals surface area contributed by atoms with E-state index >= 15 is 4.39 Å². The fourth-order valence-electron chi connectivity index (χ4n) is 3.32. The molecule has 0 amide bonds. The Labute approximate surface area is 217 Å². The van der Waals surface area contributed by atoms with E-state index in [1.807, 2.05) is 12.1 Å². The lowest BCUT2D eigenvalue weighted by molar-refractivity contribution is -0.150. The highest BCUT2D eigenvalue weighted by Crippen LogP contribution is 2.35. The van der Waals surface area contributed by atoms with Gasteiger partial charge in [-0.3, -0.25) is 9.59 Å². The van der Waals surface area contributed by atoms with Crippen LogP contribution in [0.15, 0.2) is 41.2 Å². The minimum absolute atomic E-state index is 0.0235. The van der Waals surface area contributed by atoms with Gasteiger partial charge in [0.1, 0.15) is 11.8 Å². The number of aromatic nitrogens is 2. The molecule has 37 heavy (non-hydrogen) atoms. The first-order chi connectivity index (χ1) is 17.5. The maximum atomic E-state index is 15.4. The number of carbonyl (C=O) groups is 1. The van der Waals surface area contributed by atoms with Crippen LogP contribution in [0.4, 0.5) is 4.39 Å². The Morgan fingerprint density at radius 3 is 2.43 bits per heavy atom. The standard InChI is InChI=1S/C26H23ClFN5O4/c1-14(2)23(31)26(35)36-13-33-25(34)15(3)6-19(32-33)10-18-4-5-21(27)24(22(18)28)37-20-8-16(11-29)7-17(9-20)12-30/h4-9,14,23H,10,13,31H2,1-3H3/t23-/m0/s1. The SMILES string of the molecule is Cc1cc(Cc2ccc(Cl)c(Oc3cc(C#N)cc(C#N)c3)c2F)nn(COC(=O)[C@@H](N)C(C)C)c1=O. The Kier molecular flexibility index (Phi) is 8.61. The second kappa shape index (κ2) is 11.7. The molecule has 0 unspecified atom stereocenters. The van der Waals surface area contributed by atoms with Gasteiger partial charge in [-0.1, -0.05) is 31.5 Å². The highest BCUT2D eigenvalue weighted by molar-refractivity contribution is 6.32. The number of benzene rings is 2. The van der Waals surface area contributed by atoms with Gasteiger partial charge in [0.15, 0.2) is 18.3 Å². The number of hydrogen-bond donors (Lipinski definition) is 1. The summed E-state index contributed by atoms with van der Waals surface area (Å²) in [4.78, 5) is 24.6. The summed E-state index contributed by atoms with van der Waals surface area (Å²) in [5.74, 6) is -1.82. The summed E-state index contributed by atoms with van der Waals surface area (Å²) in [6, 6.07) is 11.5. The van der Waals surface area contributed by atoms with Crippen LogP contribution in [-0.2, 0) is 22.7 Å². The molecule has 2 N–H and O–H groups in total. The molecule has 1 atom stereocenters. The van der Waals surface area contributed by atoms with Gasteiger partial charge in [-0.2, -0.15) is 20.3 Å². The third kappa shape index (κ3) is 6.50. The molecular formula is C26H23ClFN5O4. The second-order valence-electron chi connectivity index (χ2n) is 8.58. The quantitative estimate of drug-likeness (QED) is 0.437. The van der Waals surface area contributed by atoms with Crippen LogP contribution in [0.25, 0.3) is 0 Å². The molecule has 3 aromatic rings. The van der Waals surface area contributed by atoms with Crippen LogP contribution in [0.5, 0.6) is 11.5 Å². The zero-order valence-electron chi connectivity index (χ0n) is 20.3. The monoisotopic (exact) mass is 523 g/mol. The smallest absolute Gasteiger partial charge is 0.324 e. The van der Waals surface area contributed by atoms with Crippen molar-refractivity contribution in [2.75, 3.05) is 0 Å². The van der Waals surface area contributed by atoms with Crippen LogP contribution >= 0.6 is 11.6 Å². The van der Waals surface area contributed by atoms with Gasteiger partial charge in [0.25, 0.3) is 5.56 Å². The number of rotatable bonds is 8. The molecule has 0 aliphatic carbocycles. The lowest BCUT2D eigenvalue weighted by atomic mass is 10.1. The second-order valence-corrected chi connectivity index (χ2v) is 8.99. The van der Waals surface area contributed by atoms with Crippen molar-refractivity contribution in [2.24, 2.45) is 11.7 Å². The third-order valence-electron chi connectivity index (χ3n) is 5.41. The Hall–Kier alpha value is -4.25. The summed E-state index contributed by atoms with van der Waals surface area (Å²) in [7, 11) is 0. The molecule has 1 aromatic heterocycles. The van der Waals surface area contributed by atoms with E-state index < -0.39 is 30.1 Å². The Balaban J connectivity index is 1.89. The molecule has 0 fully saturated rings. The average molecular weight is 524 g/mol. The zero-order valence-corrected chi connectivity index (χ0v) is 21.0. The van der Waals surface area contributed by atoms with E-state index in [1.165, 1.54) is 36.4 Å². The van der Waals surface area contributed by atoms with E-state index in [1.54, 1.807) is 20.8 Å². The van der Waals surface area contributed by atoms with Crippen molar-refractivity contribution < 1.29 is 18.7 Å². The molecule has 190 valence electrons. The first-order valence-corrected chi connectivity index (χ1v) is 11.5. The lowest BCUT2D eigenvalue weighted by Crippen LogP contribution is -2.38. The van der Waals surface area contributed by atoms with Crippen LogP contribution in [0.2, 0.25) is 5.02 Å². The van der Waals surface area contributed by atoms with Crippen LogP contribution < -0.4 is 16.0 Å². The zero-order chi connectivity index (χ0) is 27.3. The summed E-state index contributed by atoms with van der Waals surface area (Å²) in [6.07, 6.45) is -0.0401. The van der Waals surface area contributed by atoms with Crippen molar-refractivity contribution in [3.63, 3.8) is 0 Å². The number of carbonyl (C=O) groups excluding carboxylic acids is 1. The summed E-state index contributed by atoms with van der Waals surface area (Å²) < 4.78 is 27.2. The molecule has 11 heteroatoms. The van der Waals surface area contributed by atoms with Gasteiger partial charge in [-0.25, -0.2) is 4.39 Å². The first kappa shape index (κ1) is 27.3. The number of halogens is 2. The first-order valence-electron chi connectivity index (χ1n) is 11.1. The number of nitriles is 2. The fourth-order valence-corrected chi connectivity index (χ4v) is 3.50. The van der Waals surface area contributed by atoms with Gasteiger partial charge in [-0.15, -0.1) is 0 Å². The van der Waals surface area contributed by atoms with Crippen molar-refractivity contribution in [2.45, 2.75) is 40.0 Å². The lowest BCUT2D eigenvalue weighted by Gasteiger charge is -2.15. The van der Waals surface area contributed by atoms with Gasteiger partial charge in [0, 0.05) is 12.0 Å². The summed E-state index contributed by atoms with van der Waals surface area (Å²) >= 11 is 6.18. The minimum Gasteiger partial charge on any atom is -0.453 e. The Bertz CT molecular complexity index is 1460. The molecule has 9 nitrogen and oxygen atoms in total. The molecule has 0 radical (unpaired) electrons. The fraction of sp³-hybridized carbons (Fsp3) is 0.269. The average Bonchev–Trinajstić information content (AvgIpc) is 2.88. The van der Waals surface area contributed by atoms with Crippen LogP contribution in [0.3, 0.4) is 0 Å². The number of nitrogens with two attached hydrogens (primary N) is 1. The summed E-state index contributed by atoms with van der Waals surface area (Å²) in [6.45, 7) is 4.65. The predicted molar refractivity (Wildman–Crippen MR) is 132 cm³/mol. The molecule has 0 spiro atoms. The van der Waals surface area contributed by atoms with Crippen LogP contribution in [0.1, 0.15) is 41.8 Å². The topological polar surface area (TPSA) is 144 Å². The van der Waals surface area contributed by atoms with E-state index in [4.69, 9.17) is 37.3 Å². The molecule has 0 saturated carbocycles. The molecule has 1 heterocycles. The van der Waals surface area contributed by atoms with Gasteiger partial charge >= 0.3 is 5.97 Å². The molecular weight excluding hydrogens is 501 g/mol. The van der Waals surface area contributed by atoms with Gasteiger partial charge in [-0.05, 0) is 48.7 Å². The normalized spacial score (nSPS) is 11.5. The van der Waals surface area contributed by atoms with Gasteiger partial charge < -0.3 is 15.2 Å². The maximum Gasteiger partial charge on any atom is 0.324 e. The molecule has 0 aliphatic rings. The highest BCUT2D eigenvalue weighted by Gasteiger charge is 2.20. The molecule has 0 aliphatic heterocycles. The van der Waals surface area contributed by atoms with E-state index in [0.717, 1.165) is 4.68 Å². The number of nitrogens with zero attached hydrogens (tertiary/aromatic N) is 4. The van der Waals surface area contributed by atoms with Gasteiger partial charge in [0.2, 0.25) is 0 Å². The largest absolute Gasteiger partial charge is 0.453 e. The van der Waals surface area contributed by atoms with Crippen molar-refractivity contribution >= 4 is 17.6 Å². The van der Waals surface area contributed by atoms with E-state index in [-0.39, 0.29) is 45.6 Å². The minimum atomic E-state index is -0.848.